The summed E-state index contributed by atoms with van der Waals surface area (Å²) in [6.45, 7) is 4.88. The summed E-state index contributed by atoms with van der Waals surface area (Å²) in [6.07, 6.45) is 4.22. The van der Waals surface area contributed by atoms with E-state index >= 15 is 0 Å². The maximum absolute atomic E-state index is 12.1. The van der Waals surface area contributed by atoms with E-state index < -0.39 is 0 Å². The van der Waals surface area contributed by atoms with E-state index in [1.54, 1.807) is 19.2 Å². The minimum Gasteiger partial charge on any atom is -0.506 e. The summed E-state index contributed by atoms with van der Waals surface area (Å²) in [7, 11) is 1.80. The minimum atomic E-state index is -0.0636. The Morgan fingerprint density at radius 2 is 2.29 bits per heavy atom. The zero-order valence-electron chi connectivity index (χ0n) is 13.6. The number of nitrogens with zero attached hydrogens (tertiary/aromatic N) is 3. The molecule has 128 valence electrons. The number of phenolic OH excluding ortho intramolecular Hbond substituents is 1. The normalized spacial score (nSPS) is 18.4. The first kappa shape index (κ1) is 16.6. The molecule has 1 unspecified atom stereocenters. The standard InChI is InChI=1S/C17H21ClN4O2/c1-3-14(24)21-9-5-4-6-11(10-21)22-16-12(20-17(22)19-2)7-8-13(23)15(16)18/h3,7-8,11,23H,1,4-6,9-10H2,2H3,(H,19,20). The SMILES string of the molecule is C=CC(=O)N1CCCCC(n2c(NC)nc3ccc(O)c(Cl)c32)C1. The van der Waals surface area contributed by atoms with E-state index in [0.29, 0.717) is 23.5 Å². The van der Waals surface area contributed by atoms with Gasteiger partial charge in [0.05, 0.1) is 17.1 Å². The number of aromatic nitrogens is 2. The van der Waals surface area contributed by atoms with Gasteiger partial charge in [-0.2, -0.15) is 0 Å². The molecule has 1 fully saturated rings. The Labute approximate surface area is 145 Å². The lowest BCUT2D eigenvalue weighted by molar-refractivity contribution is -0.126. The lowest BCUT2D eigenvalue weighted by Crippen LogP contribution is -2.34. The molecule has 1 aromatic carbocycles. The van der Waals surface area contributed by atoms with Crippen LogP contribution in [0.4, 0.5) is 5.95 Å². The molecule has 0 spiro atoms. The maximum Gasteiger partial charge on any atom is 0.246 e. The number of hydrogen-bond acceptors (Lipinski definition) is 4. The van der Waals surface area contributed by atoms with Gasteiger partial charge >= 0.3 is 0 Å². The Balaban J connectivity index is 2.11. The molecule has 3 rings (SSSR count). The largest absolute Gasteiger partial charge is 0.506 e. The number of aromatic hydroxyl groups is 1. The first-order chi connectivity index (χ1) is 11.6. The van der Waals surface area contributed by atoms with E-state index in [1.165, 1.54) is 6.08 Å². The molecular weight excluding hydrogens is 328 g/mol. The Kier molecular flexibility index (Phi) is 4.66. The van der Waals surface area contributed by atoms with Crippen LogP contribution in [0.5, 0.6) is 5.75 Å². The summed E-state index contributed by atoms with van der Waals surface area (Å²) in [5, 5.41) is 13.4. The molecule has 1 amide bonds. The molecule has 2 heterocycles. The molecule has 2 N–H and O–H groups in total. The highest BCUT2D eigenvalue weighted by Gasteiger charge is 2.26. The van der Waals surface area contributed by atoms with Gasteiger partial charge in [-0.25, -0.2) is 4.98 Å². The summed E-state index contributed by atoms with van der Waals surface area (Å²) >= 11 is 6.35. The number of amides is 1. The fourth-order valence-corrected chi connectivity index (χ4v) is 3.58. The van der Waals surface area contributed by atoms with Crippen LogP contribution in [0.15, 0.2) is 24.8 Å². The van der Waals surface area contributed by atoms with E-state index in [1.807, 2.05) is 9.47 Å². The zero-order chi connectivity index (χ0) is 17.3. The van der Waals surface area contributed by atoms with Gasteiger partial charge in [0.25, 0.3) is 0 Å². The number of halogens is 1. The number of nitrogens with one attached hydrogen (secondary N) is 1. The highest BCUT2D eigenvalue weighted by Crippen LogP contribution is 2.37. The van der Waals surface area contributed by atoms with Gasteiger partial charge in [-0.3, -0.25) is 4.79 Å². The summed E-state index contributed by atoms with van der Waals surface area (Å²) < 4.78 is 2.01. The van der Waals surface area contributed by atoms with E-state index in [2.05, 4.69) is 16.9 Å². The summed E-state index contributed by atoms with van der Waals surface area (Å²) in [5.74, 6) is 0.641. The quantitative estimate of drug-likeness (QED) is 0.836. The van der Waals surface area contributed by atoms with E-state index in [-0.39, 0.29) is 22.7 Å². The third-order valence-corrected chi connectivity index (χ3v) is 4.86. The number of anilines is 1. The average molecular weight is 349 g/mol. The molecule has 1 aliphatic heterocycles. The third-order valence-electron chi connectivity index (χ3n) is 4.49. The van der Waals surface area contributed by atoms with Crippen molar-refractivity contribution in [2.24, 2.45) is 0 Å². The molecule has 0 bridgehead atoms. The predicted molar refractivity (Wildman–Crippen MR) is 95.6 cm³/mol. The predicted octanol–water partition coefficient (Wildman–Crippen LogP) is 3.18. The fourth-order valence-electron chi connectivity index (χ4n) is 3.33. The lowest BCUT2D eigenvalue weighted by Gasteiger charge is -2.26. The van der Waals surface area contributed by atoms with Crippen LogP contribution in [-0.2, 0) is 4.79 Å². The van der Waals surface area contributed by atoms with Crippen LogP contribution in [-0.4, -0.2) is 45.6 Å². The van der Waals surface area contributed by atoms with Gasteiger partial charge in [-0.05, 0) is 37.5 Å². The van der Waals surface area contributed by atoms with Crippen LogP contribution >= 0.6 is 11.6 Å². The number of imidazole rings is 1. The summed E-state index contributed by atoms with van der Waals surface area (Å²) in [5.41, 5.74) is 1.41. The number of fused-ring (bicyclic) bond motifs is 1. The van der Waals surface area contributed by atoms with Gasteiger partial charge in [0, 0.05) is 20.1 Å². The first-order valence-electron chi connectivity index (χ1n) is 8.05. The fraction of sp³-hybridized carbons (Fsp3) is 0.412. The molecule has 6 nitrogen and oxygen atoms in total. The van der Waals surface area contributed by atoms with Gasteiger partial charge < -0.3 is 19.9 Å². The average Bonchev–Trinajstić information content (AvgIpc) is 2.80. The summed E-state index contributed by atoms with van der Waals surface area (Å²) in [6, 6.07) is 3.32. The molecule has 1 saturated heterocycles. The molecule has 7 heteroatoms. The molecule has 0 radical (unpaired) electrons. The summed E-state index contributed by atoms with van der Waals surface area (Å²) in [4.78, 5) is 18.4. The van der Waals surface area contributed by atoms with Crippen LogP contribution in [0.25, 0.3) is 11.0 Å². The van der Waals surface area contributed by atoms with E-state index in [0.717, 1.165) is 25.8 Å². The van der Waals surface area contributed by atoms with Gasteiger partial charge in [0.15, 0.2) is 0 Å². The van der Waals surface area contributed by atoms with Crippen LogP contribution < -0.4 is 5.32 Å². The molecule has 1 atom stereocenters. The van der Waals surface area contributed by atoms with Crippen molar-refractivity contribution in [1.29, 1.82) is 0 Å². The van der Waals surface area contributed by atoms with Crippen molar-refractivity contribution in [2.45, 2.75) is 25.3 Å². The molecule has 24 heavy (non-hydrogen) atoms. The van der Waals surface area contributed by atoms with E-state index in [4.69, 9.17) is 11.6 Å². The lowest BCUT2D eigenvalue weighted by atomic mass is 10.1. The second-order valence-corrected chi connectivity index (χ2v) is 6.34. The second-order valence-electron chi connectivity index (χ2n) is 5.96. The number of rotatable bonds is 3. The number of phenols is 1. The number of carbonyl (C=O) groups is 1. The number of likely N-dealkylation sites (tertiary alicyclic amines) is 1. The van der Waals surface area contributed by atoms with Crippen LogP contribution in [0, 0.1) is 0 Å². The van der Waals surface area contributed by atoms with Gasteiger partial charge in [-0.1, -0.05) is 18.2 Å². The molecule has 2 aromatic rings. The van der Waals surface area contributed by atoms with E-state index in [9.17, 15) is 9.90 Å². The van der Waals surface area contributed by atoms with Crippen molar-refractivity contribution in [3.63, 3.8) is 0 Å². The Bertz CT molecular complexity index is 786. The van der Waals surface area contributed by atoms with Gasteiger partial charge in [-0.15, -0.1) is 0 Å². The number of benzene rings is 1. The minimum absolute atomic E-state index is 0.0283. The Morgan fingerprint density at radius 1 is 1.50 bits per heavy atom. The Morgan fingerprint density at radius 3 is 3.00 bits per heavy atom. The van der Waals surface area contributed by atoms with Crippen LogP contribution in [0.1, 0.15) is 25.3 Å². The highest BCUT2D eigenvalue weighted by molar-refractivity contribution is 6.36. The van der Waals surface area contributed by atoms with Crippen LogP contribution in [0.3, 0.4) is 0 Å². The monoisotopic (exact) mass is 348 g/mol. The first-order valence-corrected chi connectivity index (χ1v) is 8.43. The van der Waals surface area contributed by atoms with Crippen molar-refractivity contribution in [1.82, 2.24) is 14.5 Å². The highest BCUT2D eigenvalue weighted by atomic mass is 35.5. The molecule has 0 aliphatic carbocycles. The smallest absolute Gasteiger partial charge is 0.246 e. The van der Waals surface area contributed by atoms with Crippen molar-refractivity contribution in [3.8, 4) is 5.75 Å². The third kappa shape index (κ3) is 2.82. The maximum atomic E-state index is 12.1. The zero-order valence-corrected chi connectivity index (χ0v) is 14.4. The topological polar surface area (TPSA) is 70.4 Å². The number of carbonyl (C=O) groups excluding carboxylic acids is 1. The van der Waals surface area contributed by atoms with Crippen molar-refractivity contribution < 1.29 is 9.90 Å². The number of hydrogen-bond donors (Lipinski definition) is 2. The van der Waals surface area contributed by atoms with Crippen LogP contribution in [0.2, 0.25) is 5.02 Å². The molecule has 1 aromatic heterocycles. The molecular formula is C17H21ClN4O2. The van der Waals surface area contributed by atoms with Crippen molar-refractivity contribution in [2.75, 3.05) is 25.5 Å². The molecule has 1 aliphatic rings. The molecule has 0 saturated carbocycles. The second kappa shape index (κ2) is 6.73. The van der Waals surface area contributed by atoms with Crippen molar-refractivity contribution in [3.05, 3.63) is 29.8 Å². The Hall–Kier alpha value is -2.21. The van der Waals surface area contributed by atoms with Gasteiger partial charge in [0.1, 0.15) is 10.8 Å². The van der Waals surface area contributed by atoms with Gasteiger partial charge in [0.2, 0.25) is 11.9 Å². The van der Waals surface area contributed by atoms with Crippen molar-refractivity contribution >= 4 is 34.5 Å².